The molecule has 0 spiro atoms. The molecule has 0 aliphatic rings. The highest BCUT2D eigenvalue weighted by atomic mass is 32.2. The molecule has 0 atom stereocenters. The topological polar surface area (TPSA) is 38.3 Å². The largest absolute Gasteiger partial charge is 0.497 e. The number of carbonyl (C=O) groups excluding carboxylic acids is 1. The SMILES string of the molecule is COc1ccc(NC(=O)CSc2cccs2)cc1. The summed E-state index contributed by atoms with van der Waals surface area (Å²) >= 11 is 3.19. The number of thiophene rings is 1. The van der Waals surface area contributed by atoms with Gasteiger partial charge in [0.15, 0.2) is 0 Å². The molecule has 1 heterocycles. The van der Waals surface area contributed by atoms with Crippen molar-refractivity contribution >= 4 is 34.7 Å². The molecule has 0 radical (unpaired) electrons. The van der Waals surface area contributed by atoms with Gasteiger partial charge in [-0.05, 0) is 35.7 Å². The van der Waals surface area contributed by atoms with E-state index in [2.05, 4.69) is 5.32 Å². The Kier molecular flexibility index (Phi) is 4.66. The summed E-state index contributed by atoms with van der Waals surface area (Å²) in [6.45, 7) is 0. The van der Waals surface area contributed by atoms with Gasteiger partial charge < -0.3 is 10.1 Å². The maximum absolute atomic E-state index is 11.7. The first-order valence-electron chi connectivity index (χ1n) is 5.38. The maximum atomic E-state index is 11.7. The lowest BCUT2D eigenvalue weighted by Gasteiger charge is -2.05. The van der Waals surface area contributed by atoms with Gasteiger partial charge >= 0.3 is 0 Å². The molecule has 1 aromatic carbocycles. The summed E-state index contributed by atoms with van der Waals surface area (Å²) in [5.41, 5.74) is 0.785. The van der Waals surface area contributed by atoms with Crippen molar-refractivity contribution in [3.05, 3.63) is 41.8 Å². The molecule has 0 unspecified atom stereocenters. The van der Waals surface area contributed by atoms with Crippen molar-refractivity contribution in [2.45, 2.75) is 4.21 Å². The van der Waals surface area contributed by atoms with Crippen molar-refractivity contribution < 1.29 is 9.53 Å². The molecule has 0 saturated heterocycles. The molecular weight excluding hydrogens is 266 g/mol. The summed E-state index contributed by atoms with van der Waals surface area (Å²) in [5, 5.41) is 4.85. The molecule has 1 aromatic heterocycles. The predicted octanol–water partition coefficient (Wildman–Crippen LogP) is 3.49. The van der Waals surface area contributed by atoms with Crippen molar-refractivity contribution in [1.82, 2.24) is 0 Å². The molecule has 2 aromatic rings. The van der Waals surface area contributed by atoms with Crippen LogP contribution in [0, 0.1) is 0 Å². The lowest BCUT2D eigenvalue weighted by Crippen LogP contribution is -2.13. The maximum Gasteiger partial charge on any atom is 0.234 e. The van der Waals surface area contributed by atoms with E-state index in [9.17, 15) is 4.79 Å². The summed E-state index contributed by atoms with van der Waals surface area (Å²) in [5.74, 6) is 1.20. The van der Waals surface area contributed by atoms with Gasteiger partial charge in [0, 0.05) is 5.69 Å². The van der Waals surface area contributed by atoms with Gasteiger partial charge in [-0.2, -0.15) is 0 Å². The molecule has 0 bridgehead atoms. The van der Waals surface area contributed by atoms with Gasteiger partial charge in [0.1, 0.15) is 5.75 Å². The Balaban J connectivity index is 1.83. The standard InChI is InChI=1S/C13H13NO2S2/c1-16-11-6-4-10(5-7-11)14-12(15)9-18-13-3-2-8-17-13/h2-8H,9H2,1H3,(H,14,15). The molecule has 1 amide bonds. The summed E-state index contributed by atoms with van der Waals surface area (Å²) < 4.78 is 6.21. The number of hydrogen-bond acceptors (Lipinski definition) is 4. The van der Waals surface area contributed by atoms with Crippen LogP contribution in [0.2, 0.25) is 0 Å². The van der Waals surface area contributed by atoms with Gasteiger partial charge in [0.25, 0.3) is 0 Å². The zero-order valence-electron chi connectivity index (χ0n) is 9.88. The van der Waals surface area contributed by atoms with E-state index in [0.29, 0.717) is 5.75 Å². The monoisotopic (exact) mass is 279 g/mol. The van der Waals surface area contributed by atoms with Crippen LogP contribution in [0.25, 0.3) is 0 Å². The van der Waals surface area contributed by atoms with E-state index in [4.69, 9.17) is 4.74 Å². The molecule has 2 rings (SSSR count). The summed E-state index contributed by atoms with van der Waals surface area (Å²) in [7, 11) is 1.62. The lowest BCUT2D eigenvalue weighted by molar-refractivity contribution is -0.113. The van der Waals surface area contributed by atoms with Crippen molar-refractivity contribution in [3.8, 4) is 5.75 Å². The average Bonchev–Trinajstić information content (AvgIpc) is 2.90. The van der Waals surface area contributed by atoms with E-state index in [1.54, 1.807) is 30.2 Å². The van der Waals surface area contributed by atoms with Gasteiger partial charge in [-0.3, -0.25) is 4.79 Å². The Morgan fingerprint density at radius 3 is 2.72 bits per heavy atom. The summed E-state index contributed by atoms with van der Waals surface area (Å²) in [4.78, 5) is 11.7. The van der Waals surface area contributed by atoms with Gasteiger partial charge in [0.05, 0.1) is 17.1 Å². The van der Waals surface area contributed by atoms with Crippen LogP contribution >= 0.6 is 23.1 Å². The highest BCUT2D eigenvalue weighted by molar-refractivity contribution is 8.01. The molecule has 3 nitrogen and oxygen atoms in total. The number of thioether (sulfide) groups is 1. The quantitative estimate of drug-likeness (QED) is 0.851. The number of hydrogen-bond donors (Lipinski definition) is 1. The number of amides is 1. The van der Waals surface area contributed by atoms with Crippen LogP contribution < -0.4 is 10.1 Å². The highest BCUT2D eigenvalue weighted by Gasteiger charge is 2.04. The normalized spacial score (nSPS) is 10.1. The number of methoxy groups -OCH3 is 1. The fraction of sp³-hybridized carbons (Fsp3) is 0.154. The minimum atomic E-state index is -0.00133. The van der Waals surface area contributed by atoms with E-state index in [0.717, 1.165) is 15.6 Å². The zero-order chi connectivity index (χ0) is 12.8. The second-order valence-electron chi connectivity index (χ2n) is 3.50. The second-order valence-corrected chi connectivity index (χ2v) is 5.72. The molecule has 1 N–H and O–H groups in total. The van der Waals surface area contributed by atoms with Crippen LogP contribution in [0.5, 0.6) is 5.75 Å². The summed E-state index contributed by atoms with van der Waals surface area (Å²) in [6.07, 6.45) is 0. The number of anilines is 1. The molecule has 94 valence electrons. The van der Waals surface area contributed by atoms with Gasteiger partial charge in [0.2, 0.25) is 5.91 Å². The van der Waals surface area contributed by atoms with Crippen LogP contribution in [0.1, 0.15) is 0 Å². The molecule has 18 heavy (non-hydrogen) atoms. The molecule has 0 saturated carbocycles. The van der Waals surface area contributed by atoms with Gasteiger partial charge in [-0.15, -0.1) is 23.1 Å². The van der Waals surface area contributed by atoms with Gasteiger partial charge in [-0.1, -0.05) is 6.07 Å². The number of benzene rings is 1. The number of carbonyl (C=O) groups is 1. The Morgan fingerprint density at radius 2 is 2.11 bits per heavy atom. The Bertz CT molecular complexity index is 494. The van der Waals surface area contributed by atoms with Crippen molar-refractivity contribution in [1.29, 1.82) is 0 Å². The second kappa shape index (κ2) is 6.47. The fourth-order valence-corrected chi connectivity index (χ4v) is 2.94. The number of nitrogens with one attached hydrogen (secondary N) is 1. The zero-order valence-corrected chi connectivity index (χ0v) is 11.5. The van der Waals surface area contributed by atoms with Gasteiger partial charge in [-0.25, -0.2) is 0 Å². The Morgan fingerprint density at radius 1 is 1.33 bits per heavy atom. The van der Waals surface area contributed by atoms with E-state index in [1.807, 2.05) is 41.8 Å². The highest BCUT2D eigenvalue weighted by Crippen LogP contribution is 2.23. The molecule has 0 aliphatic carbocycles. The number of rotatable bonds is 5. The van der Waals surface area contributed by atoms with Crippen molar-refractivity contribution in [2.24, 2.45) is 0 Å². The van der Waals surface area contributed by atoms with Crippen molar-refractivity contribution in [2.75, 3.05) is 18.2 Å². The molecular formula is C13H13NO2S2. The summed E-state index contributed by atoms with van der Waals surface area (Å²) in [6, 6.07) is 11.3. The third-order valence-electron chi connectivity index (χ3n) is 2.21. The van der Waals surface area contributed by atoms with E-state index >= 15 is 0 Å². The van der Waals surface area contributed by atoms with Crippen LogP contribution in [0.15, 0.2) is 46.0 Å². The first-order valence-corrected chi connectivity index (χ1v) is 7.24. The van der Waals surface area contributed by atoms with E-state index in [-0.39, 0.29) is 5.91 Å². The Labute approximate surface area is 114 Å². The average molecular weight is 279 g/mol. The van der Waals surface area contributed by atoms with E-state index < -0.39 is 0 Å². The van der Waals surface area contributed by atoms with E-state index in [1.165, 1.54) is 0 Å². The molecule has 5 heteroatoms. The van der Waals surface area contributed by atoms with Crippen molar-refractivity contribution in [3.63, 3.8) is 0 Å². The third-order valence-corrected chi connectivity index (χ3v) is 4.35. The fourth-order valence-electron chi connectivity index (χ4n) is 1.35. The smallest absolute Gasteiger partial charge is 0.234 e. The third kappa shape index (κ3) is 3.78. The van der Waals surface area contributed by atoms with Crippen LogP contribution in [-0.2, 0) is 4.79 Å². The number of ether oxygens (including phenoxy) is 1. The first-order chi connectivity index (χ1) is 8.78. The Hall–Kier alpha value is -1.46. The molecule has 0 fully saturated rings. The van der Waals surface area contributed by atoms with Crippen LogP contribution in [-0.4, -0.2) is 18.8 Å². The first kappa shape index (κ1) is 13.0. The minimum absolute atomic E-state index is 0.00133. The lowest BCUT2D eigenvalue weighted by atomic mass is 10.3. The minimum Gasteiger partial charge on any atom is -0.497 e. The molecule has 0 aliphatic heterocycles. The van der Waals surface area contributed by atoms with Crippen LogP contribution in [0.3, 0.4) is 0 Å². The van der Waals surface area contributed by atoms with Crippen LogP contribution in [0.4, 0.5) is 5.69 Å². The predicted molar refractivity (Wildman–Crippen MR) is 76.7 cm³/mol.